The summed E-state index contributed by atoms with van der Waals surface area (Å²) in [6, 6.07) is 0. The van der Waals surface area contributed by atoms with Crippen LogP contribution in [0.25, 0.3) is 0 Å². The zero-order valence-corrected chi connectivity index (χ0v) is 10.3. The van der Waals surface area contributed by atoms with Gasteiger partial charge in [0.15, 0.2) is 0 Å². The van der Waals surface area contributed by atoms with Gasteiger partial charge < -0.3 is 0 Å². The average Bonchev–Trinajstić information content (AvgIpc) is 1.50. The molecular weight excluding hydrogens is 334 g/mol. The first-order chi connectivity index (χ1) is 2.00. The molecule has 0 aliphatic carbocycles. The molecule has 0 aliphatic rings. The summed E-state index contributed by atoms with van der Waals surface area (Å²) in [5.41, 5.74) is 0. The molecule has 0 saturated carbocycles. The van der Waals surface area contributed by atoms with E-state index in [0.29, 0.717) is 0 Å². The van der Waals surface area contributed by atoms with E-state index in [9.17, 15) is 0 Å². The Labute approximate surface area is 71.1 Å². The fraction of sp³-hybridized carbons (Fsp3) is 0. The molecule has 0 radical (unpaired) electrons. The number of hydrogen-bond donors (Lipinski definition) is 0. The van der Waals surface area contributed by atoms with Crippen LogP contribution in [0.5, 0.6) is 0 Å². The van der Waals surface area contributed by atoms with Crippen molar-refractivity contribution in [1.29, 1.82) is 0 Å². The Bertz CT molecular complexity index is 9.61. The van der Waals surface area contributed by atoms with Crippen molar-refractivity contribution < 1.29 is 5.71 Å². The fourth-order valence-electron chi connectivity index (χ4n) is 0. The second-order valence-corrected chi connectivity index (χ2v) is 0. The van der Waals surface area contributed by atoms with Crippen LogP contribution in [-0.4, -0.2) is 66.3 Å². The average molecular weight is 340 g/mol. The normalized spacial score (nSPS) is 1.20. The third-order valence-electron chi connectivity index (χ3n) is 0. The van der Waals surface area contributed by atoms with Gasteiger partial charge >= 0.3 is 72.1 Å². The quantitative estimate of drug-likeness (QED) is 0.441. The summed E-state index contributed by atoms with van der Waals surface area (Å²) in [7, 11) is 0. The van der Waals surface area contributed by atoms with Gasteiger partial charge in [0, 0.05) is 0 Å². The van der Waals surface area contributed by atoms with Crippen LogP contribution < -0.4 is 0 Å². The van der Waals surface area contributed by atoms with Gasteiger partial charge in [0.1, 0.15) is 0 Å². The van der Waals surface area contributed by atoms with Crippen LogP contribution in [0, 0.1) is 0 Å². The first kappa shape index (κ1) is 15.8. The summed E-state index contributed by atoms with van der Waals surface area (Å²) >= 11 is -0.200. The Kier molecular flexibility index (Phi) is 125. The van der Waals surface area contributed by atoms with Crippen LogP contribution in [0.3, 0.4) is 0 Å². The van der Waals surface area contributed by atoms with Gasteiger partial charge in [-0.25, -0.2) is 0 Å². The van der Waals surface area contributed by atoms with Crippen LogP contribution in [-0.2, 0) is 5.71 Å². The first-order valence-electron chi connectivity index (χ1n) is 0.577. The van der Waals surface area contributed by atoms with E-state index in [2.05, 4.69) is 0 Å². The van der Waals surface area contributed by atoms with Gasteiger partial charge in [-0.1, -0.05) is 0 Å². The Morgan fingerprint density at radius 1 is 0.800 bits per heavy atom. The van der Waals surface area contributed by atoms with E-state index < -0.39 is 0 Å². The summed E-state index contributed by atoms with van der Waals surface area (Å²) in [6.45, 7) is 0. The first-order valence-corrected chi connectivity index (χ1v) is 3.87. The van der Waals surface area contributed by atoms with Crippen molar-refractivity contribution in [3.05, 3.63) is 0 Å². The zero-order chi connectivity index (χ0) is 4.00. The van der Waals surface area contributed by atoms with E-state index >= 15 is 0 Å². The van der Waals surface area contributed by atoms with Crippen molar-refractivity contribution in [3.63, 3.8) is 0 Å². The topological polar surface area (TPSA) is 34.1 Å². The molecule has 0 saturated heterocycles. The minimum atomic E-state index is -0.1000. The molecule has 0 N–H and O–H groups in total. The van der Waals surface area contributed by atoms with E-state index in [4.69, 9.17) is 5.71 Å². The van der Waals surface area contributed by atoms with Gasteiger partial charge in [0.05, 0.1) is 0 Å². The molecule has 0 spiro atoms. The van der Waals surface area contributed by atoms with Crippen molar-refractivity contribution in [2.45, 2.75) is 0 Å². The minimum absolute atomic E-state index is 0. The van der Waals surface area contributed by atoms with Gasteiger partial charge in [-0.15, -0.1) is 0 Å². The van der Waals surface area contributed by atoms with Crippen LogP contribution >= 0.6 is 0 Å². The molecule has 0 atom stereocenters. The van der Waals surface area contributed by atoms with Gasteiger partial charge in [-0.3, -0.25) is 0 Å². The monoisotopic (exact) mass is 342 g/mol. The number of rotatable bonds is 0. The van der Waals surface area contributed by atoms with Crippen molar-refractivity contribution in [2.75, 3.05) is 0 Å². The number of hydrogen-bond acceptors (Lipinski definition) is 2. The molecule has 0 aromatic carbocycles. The molecule has 5 heavy (non-hydrogen) atoms. The molecule has 0 aromatic heterocycles. The Morgan fingerprint density at radius 3 is 0.800 bits per heavy atom. The standard InChI is InChI=1S/GeH4.2In.2O.2H/h1H4;;;;;;. The Balaban J connectivity index is -0.0000000133. The van der Waals surface area contributed by atoms with E-state index in [0.717, 1.165) is 0 Å². The molecule has 0 unspecified atom stereocenters. The van der Waals surface area contributed by atoms with Gasteiger partial charge in [-0.05, 0) is 0 Å². The molecule has 0 amide bonds. The molecule has 0 fully saturated rings. The van der Waals surface area contributed by atoms with Crippen LogP contribution in [0.1, 0.15) is 0 Å². The SMILES string of the molecule is [GeH4].[O]=[InH].[O]=[InH]. The molecule has 28 valence electrons. The van der Waals surface area contributed by atoms with E-state index in [-0.39, 0.29) is 66.3 Å². The van der Waals surface area contributed by atoms with Gasteiger partial charge in [-0.2, -0.15) is 0 Å². The summed E-state index contributed by atoms with van der Waals surface area (Å²) < 4.78 is 16.8. The Hall–Kier alpha value is 1.88. The molecule has 0 aliphatic heterocycles. The predicted octanol–water partition coefficient (Wildman–Crippen LogP) is -2.99. The second-order valence-electron chi connectivity index (χ2n) is 0. The van der Waals surface area contributed by atoms with Crippen LogP contribution in [0.15, 0.2) is 0 Å². The molecule has 0 heterocycles. The van der Waals surface area contributed by atoms with Crippen LogP contribution in [0.4, 0.5) is 0 Å². The second kappa shape index (κ2) is 39.6. The molecule has 0 aromatic rings. The van der Waals surface area contributed by atoms with E-state index in [1.54, 1.807) is 0 Å². The van der Waals surface area contributed by atoms with E-state index in [1.165, 1.54) is 0 Å². The molecule has 2 nitrogen and oxygen atoms in total. The predicted molar refractivity (Wildman–Crippen MR) is 27.0 cm³/mol. The van der Waals surface area contributed by atoms with E-state index in [1.807, 2.05) is 0 Å². The van der Waals surface area contributed by atoms with Gasteiger partial charge in [0.25, 0.3) is 0 Å². The third kappa shape index (κ3) is 25.0. The molecule has 5 heteroatoms. The summed E-state index contributed by atoms with van der Waals surface area (Å²) in [5, 5.41) is 0. The van der Waals surface area contributed by atoms with Crippen molar-refractivity contribution in [3.8, 4) is 0 Å². The molecular formula is H6GeIn2O2. The van der Waals surface area contributed by atoms with Crippen LogP contribution in [0.2, 0.25) is 0 Å². The van der Waals surface area contributed by atoms with Gasteiger partial charge in [0.2, 0.25) is 0 Å². The Morgan fingerprint density at radius 2 is 0.800 bits per heavy atom. The summed E-state index contributed by atoms with van der Waals surface area (Å²) in [6.07, 6.45) is 0. The maximum absolute atomic E-state index is 8.42. The van der Waals surface area contributed by atoms with Crippen molar-refractivity contribution >= 4 is 66.3 Å². The summed E-state index contributed by atoms with van der Waals surface area (Å²) in [5.74, 6) is 0. The molecule has 0 rings (SSSR count). The van der Waals surface area contributed by atoms with Crippen molar-refractivity contribution in [1.82, 2.24) is 0 Å². The third-order valence-corrected chi connectivity index (χ3v) is 0. The summed E-state index contributed by atoms with van der Waals surface area (Å²) in [4.78, 5) is 0. The fourth-order valence-corrected chi connectivity index (χ4v) is 0. The maximum atomic E-state index is 8.42. The zero-order valence-electron chi connectivity index (χ0n) is 2.23. The van der Waals surface area contributed by atoms with Crippen molar-refractivity contribution in [2.24, 2.45) is 0 Å². The molecule has 0 bridgehead atoms.